The Morgan fingerprint density at radius 1 is 1.48 bits per heavy atom. The highest BCUT2D eigenvalue weighted by atomic mass is 35.5. The maximum absolute atomic E-state index is 6.50. The minimum Gasteiger partial charge on any atom is -0.378 e. The maximum Gasteiger partial charge on any atom is 0.0850 e. The topological polar surface area (TPSA) is 39.1 Å². The molecule has 1 saturated heterocycles. The van der Waals surface area contributed by atoms with E-state index in [9.17, 15) is 0 Å². The van der Waals surface area contributed by atoms with E-state index < -0.39 is 0 Å². The van der Waals surface area contributed by atoms with Gasteiger partial charge in [0.1, 0.15) is 0 Å². The van der Waals surface area contributed by atoms with Gasteiger partial charge in [0.2, 0.25) is 0 Å². The standard InChI is InChI=1S/C16H28ClN3O/c1-4-14-16(17)15(20(5-2)19-14)11-12(18-3)8-9-13-7-6-10-21-13/h12-13,18H,4-11H2,1-3H3. The number of ether oxygens (including phenoxy) is 1. The quantitative estimate of drug-likeness (QED) is 0.801. The van der Waals surface area contributed by atoms with E-state index in [-0.39, 0.29) is 0 Å². The van der Waals surface area contributed by atoms with Gasteiger partial charge in [0.25, 0.3) is 0 Å². The monoisotopic (exact) mass is 313 g/mol. The molecule has 2 heterocycles. The third kappa shape index (κ3) is 4.21. The summed E-state index contributed by atoms with van der Waals surface area (Å²) in [6.45, 7) is 6.03. The number of nitrogens with zero attached hydrogens (tertiary/aromatic N) is 2. The Labute approximate surface area is 133 Å². The van der Waals surface area contributed by atoms with Crippen LogP contribution in [0.25, 0.3) is 0 Å². The third-order valence-corrected chi connectivity index (χ3v) is 4.84. The van der Waals surface area contributed by atoms with Crippen LogP contribution >= 0.6 is 11.6 Å². The van der Waals surface area contributed by atoms with Crippen molar-refractivity contribution in [1.29, 1.82) is 0 Å². The highest BCUT2D eigenvalue weighted by Crippen LogP contribution is 2.24. The zero-order valence-electron chi connectivity index (χ0n) is 13.5. The lowest BCUT2D eigenvalue weighted by Crippen LogP contribution is -2.30. The van der Waals surface area contributed by atoms with Crippen molar-refractivity contribution in [2.45, 2.75) is 71.1 Å². The Kier molecular flexibility index (Phi) is 6.52. The average molecular weight is 314 g/mol. The summed E-state index contributed by atoms with van der Waals surface area (Å²) in [6, 6.07) is 0.429. The molecule has 0 aliphatic carbocycles. The summed E-state index contributed by atoms with van der Waals surface area (Å²) >= 11 is 6.50. The molecule has 0 bridgehead atoms. The number of aromatic nitrogens is 2. The third-order valence-electron chi connectivity index (χ3n) is 4.40. The van der Waals surface area contributed by atoms with Gasteiger partial charge in [0.05, 0.1) is 22.5 Å². The highest BCUT2D eigenvalue weighted by Gasteiger charge is 2.21. The molecule has 0 saturated carbocycles. The van der Waals surface area contributed by atoms with E-state index in [1.165, 1.54) is 18.5 Å². The number of halogens is 1. The number of hydrogen-bond acceptors (Lipinski definition) is 3. The summed E-state index contributed by atoms with van der Waals surface area (Å²) in [5.74, 6) is 0. The van der Waals surface area contributed by atoms with Crippen molar-refractivity contribution in [3.63, 3.8) is 0 Å². The summed E-state index contributed by atoms with van der Waals surface area (Å²) < 4.78 is 7.77. The molecular weight excluding hydrogens is 286 g/mol. The van der Waals surface area contributed by atoms with Gasteiger partial charge in [0.15, 0.2) is 0 Å². The van der Waals surface area contributed by atoms with Crippen molar-refractivity contribution in [2.75, 3.05) is 13.7 Å². The second-order valence-corrected chi connectivity index (χ2v) is 6.16. The summed E-state index contributed by atoms with van der Waals surface area (Å²) in [5, 5.41) is 8.89. The lowest BCUT2D eigenvalue weighted by molar-refractivity contribution is 0.0997. The molecule has 120 valence electrons. The van der Waals surface area contributed by atoms with Crippen LogP contribution < -0.4 is 5.32 Å². The molecule has 21 heavy (non-hydrogen) atoms. The molecule has 1 aromatic heterocycles. The Hall–Kier alpha value is -0.580. The van der Waals surface area contributed by atoms with Crippen LogP contribution in [0.5, 0.6) is 0 Å². The molecule has 4 nitrogen and oxygen atoms in total. The van der Waals surface area contributed by atoms with Crippen LogP contribution in [-0.2, 0) is 24.1 Å². The number of aryl methyl sites for hydroxylation is 2. The average Bonchev–Trinajstić information content (AvgIpc) is 3.12. The molecule has 1 aliphatic heterocycles. The van der Waals surface area contributed by atoms with Gasteiger partial charge in [-0.2, -0.15) is 5.10 Å². The van der Waals surface area contributed by atoms with E-state index in [1.807, 2.05) is 7.05 Å². The van der Waals surface area contributed by atoms with Gasteiger partial charge in [-0.15, -0.1) is 0 Å². The number of rotatable bonds is 8. The van der Waals surface area contributed by atoms with E-state index in [2.05, 4.69) is 28.9 Å². The van der Waals surface area contributed by atoms with E-state index >= 15 is 0 Å². The fraction of sp³-hybridized carbons (Fsp3) is 0.812. The van der Waals surface area contributed by atoms with Crippen LogP contribution in [0.1, 0.15) is 50.9 Å². The molecule has 1 aromatic rings. The normalized spacial score (nSPS) is 20.1. The van der Waals surface area contributed by atoms with Gasteiger partial charge in [-0.05, 0) is 46.1 Å². The second-order valence-electron chi connectivity index (χ2n) is 5.78. The van der Waals surface area contributed by atoms with Gasteiger partial charge in [0, 0.05) is 25.6 Å². The Morgan fingerprint density at radius 3 is 2.86 bits per heavy atom. The molecule has 1 fully saturated rings. The van der Waals surface area contributed by atoms with Gasteiger partial charge < -0.3 is 10.1 Å². The summed E-state index contributed by atoms with van der Waals surface area (Å²) in [4.78, 5) is 0. The van der Waals surface area contributed by atoms with Crippen molar-refractivity contribution in [3.05, 3.63) is 16.4 Å². The molecule has 0 amide bonds. The van der Waals surface area contributed by atoms with E-state index in [4.69, 9.17) is 16.3 Å². The minimum absolute atomic E-state index is 0.429. The lowest BCUT2D eigenvalue weighted by Gasteiger charge is -2.19. The molecular formula is C16H28ClN3O. The predicted molar refractivity (Wildman–Crippen MR) is 87.0 cm³/mol. The molecule has 0 spiro atoms. The first-order chi connectivity index (χ1) is 10.2. The van der Waals surface area contributed by atoms with Crippen LogP contribution in [0.2, 0.25) is 5.02 Å². The van der Waals surface area contributed by atoms with E-state index in [0.717, 1.165) is 49.6 Å². The van der Waals surface area contributed by atoms with Crippen molar-refractivity contribution >= 4 is 11.6 Å². The number of likely N-dealkylation sites (N-methyl/N-ethyl adjacent to an activating group) is 1. The first-order valence-electron chi connectivity index (χ1n) is 8.22. The van der Waals surface area contributed by atoms with Crippen molar-refractivity contribution in [3.8, 4) is 0 Å². The van der Waals surface area contributed by atoms with Gasteiger partial charge >= 0.3 is 0 Å². The minimum atomic E-state index is 0.429. The summed E-state index contributed by atoms with van der Waals surface area (Å²) in [5.41, 5.74) is 2.19. The number of hydrogen-bond donors (Lipinski definition) is 1. The van der Waals surface area contributed by atoms with E-state index in [1.54, 1.807) is 0 Å². The Morgan fingerprint density at radius 2 is 2.29 bits per heavy atom. The Balaban J connectivity index is 1.98. The second kappa shape index (κ2) is 8.16. The molecule has 0 aromatic carbocycles. The first kappa shape index (κ1) is 16.8. The Bertz CT molecular complexity index is 441. The molecule has 2 atom stereocenters. The number of nitrogens with one attached hydrogen (secondary N) is 1. The van der Waals surface area contributed by atoms with Gasteiger partial charge in [-0.1, -0.05) is 18.5 Å². The van der Waals surface area contributed by atoms with Crippen LogP contribution in [0.15, 0.2) is 0 Å². The summed E-state index contributed by atoms with van der Waals surface area (Å²) in [6.07, 6.45) is 6.95. The lowest BCUT2D eigenvalue weighted by atomic mass is 10.0. The smallest absolute Gasteiger partial charge is 0.0850 e. The molecule has 1 N–H and O–H groups in total. The zero-order valence-corrected chi connectivity index (χ0v) is 14.2. The highest BCUT2D eigenvalue weighted by molar-refractivity contribution is 6.31. The molecule has 2 rings (SSSR count). The first-order valence-corrected chi connectivity index (χ1v) is 8.60. The molecule has 5 heteroatoms. The molecule has 0 radical (unpaired) electrons. The summed E-state index contributed by atoms with van der Waals surface area (Å²) in [7, 11) is 2.03. The zero-order chi connectivity index (χ0) is 15.2. The van der Waals surface area contributed by atoms with Crippen LogP contribution in [0.3, 0.4) is 0 Å². The maximum atomic E-state index is 6.50. The fourth-order valence-corrected chi connectivity index (χ4v) is 3.40. The SMILES string of the molecule is CCc1nn(CC)c(CC(CCC2CCCO2)NC)c1Cl. The van der Waals surface area contributed by atoms with Crippen LogP contribution in [0.4, 0.5) is 0 Å². The predicted octanol–water partition coefficient (Wildman–Crippen LogP) is 3.21. The largest absolute Gasteiger partial charge is 0.378 e. The van der Waals surface area contributed by atoms with Crippen LogP contribution in [0, 0.1) is 0 Å². The van der Waals surface area contributed by atoms with Crippen molar-refractivity contribution < 1.29 is 4.74 Å². The van der Waals surface area contributed by atoms with Gasteiger partial charge in [-0.25, -0.2) is 0 Å². The van der Waals surface area contributed by atoms with Crippen molar-refractivity contribution in [2.24, 2.45) is 0 Å². The fourth-order valence-electron chi connectivity index (χ4n) is 3.05. The van der Waals surface area contributed by atoms with E-state index in [0.29, 0.717) is 12.1 Å². The van der Waals surface area contributed by atoms with Crippen LogP contribution in [-0.4, -0.2) is 35.6 Å². The molecule has 1 aliphatic rings. The van der Waals surface area contributed by atoms with Crippen molar-refractivity contribution in [1.82, 2.24) is 15.1 Å². The molecule has 2 unspecified atom stereocenters. The van der Waals surface area contributed by atoms with Gasteiger partial charge in [-0.3, -0.25) is 4.68 Å².